The minimum absolute atomic E-state index is 0.286. The van der Waals surface area contributed by atoms with E-state index in [1.807, 2.05) is 0 Å². The minimum Gasteiger partial charge on any atom is -0.465 e. The number of esters is 2. The molecule has 2 aromatic rings. The van der Waals surface area contributed by atoms with Crippen LogP contribution in [-0.4, -0.2) is 35.9 Å². The van der Waals surface area contributed by atoms with Gasteiger partial charge in [-0.3, -0.25) is 4.68 Å². The first-order valence-corrected chi connectivity index (χ1v) is 5.86. The lowest BCUT2D eigenvalue weighted by Crippen LogP contribution is -2.07. The predicted octanol–water partition coefficient (Wildman–Crippen LogP) is 1.66. The van der Waals surface area contributed by atoms with Crippen LogP contribution in [-0.2, 0) is 16.5 Å². The molecule has 0 aliphatic rings. The fourth-order valence-corrected chi connectivity index (χ4v) is 1.84. The molecule has 0 saturated carbocycles. The van der Waals surface area contributed by atoms with Gasteiger partial charge in [-0.1, -0.05) is 0 Å². The molecule has 0 aliphatic carbocycles. The number of ether oxygens (including phenoxy) is 2. The first-order valence-electron chi connectivity index (χ1n) is 5.86. The zero-order valence-corrected chi connectivity index (χ0v) is 11.4. The van der Waals surface area contributed by atoms with E-state index in [0.717, 1.165) is 5.56 Å². The minimum atomic E-state index is -0.513. The standard InChI is InChI=1S/C14H14N2O4/c1-16-8-12(7-15-16)9-4-10(13(17)19-2)6-11(5-9)14(18)20-3/h4-8H,1-3H3. The summed E-state index contributed by atoms with van der Waals surface area (Å²) >= 11 is 0. The van der Waals surface area contributed by atoms with Crippen molar-refractivity contribution in [1.82, 2.24) is 9.78 Å². The average molecular weight is 274 g/mol. The van der Waals surface area contributed by atoms with Gasteiger partial charge in [-0.05, 0) is 23.8 Å². The van der Waals surface area contributed by atoms with Gasteiger partial charge in [-0.25, -0.2) is 9.59 Å². The van der Waals surface area contributed by atoms with Crippen molar-refractivity contribution >= 4 is 11.9 Å². The molecule has 0 amide bonds. The molecule has 0 spiro atoms. The van der Waals surface area contributed by atoms with Crippen LogP contribution in [0.1, 0.15) is 20.7 Å². The Bertz CT molecular complexity index is 627. The largest absolute Gasteiger partial charge is 0.465 e. The van der Waals surface area contributed by atoms with Crippen molar-refractivity contribution in [1.29, 1.82) is 0 Å². The summed E-state index contributed by atoms with van der Waals surface area (Å²) in [6.07, 6.45) is 3.44. The van der Waals surface area contributed by atoms with Gasteiger partial charge in [-0.15, -0.1) is 0 Å². The third-order valence-electron chi connectivity index (χ3n) is 2.81. The molecule has 0 saturated heterocycles. The van der Waals surface area contributed by atoms with Crippen molar-refractivity contribution in [3.05, 3.63) is 41.7 Å². The molecule has 0 N–H and O–H groups in total. The van der Waals surface area contributed by atoms with E-state index in [4.69, 9.17) is 0 Å². The van der Waals surface area contributed by atoms with Gasteiger partial charge >= 0.3 is 11.9 Å². The van der Waals surface area contributed by atoms with E-state index in [2.05, 4.69) is 14.6 Å². The maximum absolute atomic E-state index is 11.7. The van der Waals surface area contributed by atoms with Crippen molar-refractivity contribution in [3.8, 4) is 11.1 Å². The van der Waals surface area contributed by atoms with E-state index in [-0.39, 0.29) is 11.1 Å². The van der Waals surface area contributed by atoms with Gasteiger partial charge in [-0.2, -0.15) is 5.10 Å². The fourth-order valence-electron chi connectivity index (χ4n) is 1.84. The van der Waals surface area contributed by atoms with Crippen LogP contribution in [0, 0.1) is 0 Å². The predicted molar refractivity (Wildman–Crippen MR) is 71.3 cm³/mol. The molecule has 104 valence electrons. The normalized spacial score (nSPS) is 10.2. The van der Waals surface area contributed by atoms with E-state index in [0.29, 0.717) is 5.56 Å². The zero-order valence-electron chi connectivity index (χ0n) is 11.4. The van der Waals surface area contributed by atoms with Crippen LogP contribution < -0.4 is 0 Å². The number of methoxy groups -OCH3 is 2. The Morgan fingerprint density at radius 3 is 1.95 bits per heavy atom. The molecule has 2 rings (SSSR count). The van der Waals surface area contributed by atoms with Crippen molar-refractivity contribution in [3.63, 3.8) is 0 Å². The van der Waals surface area contributed by atoms with Gasteiger partial charge in [0.15, 0.2) is 0 Å². The third-order valence-corrected chi connectivity index (χ3v) is 2.81. The Kier molecular flexibility index (Phi) is 3.84. The summed E-state index contributed by atoms with van der Waals surface area (Å²) < 4.78 is 11.0. The second kappa shape index (κ2) is 5.56. The summed E-state index contributed by atoms with van der Waals surface area (Å²) in [6, 6.07) is 4.74. The van der Waals surface area contributed by atoms with Crippen molar-refractivity contribution < 1.29 is 19.1 Å². The monoisotopic (exact) mass is 274 g/mol. The molecule has 1 aromatic carbocycles. The molecule has 1 aromatic heterocycles. The Labute approximate surface area is 115 Å². The van der Waals surface area contributed by atoms with Gasteiger partial charge in [0.1, 0.15) is 0 Å². The molecule has 0 radical (unpaired) electrons. The maximum Gasteiger partial charge on any atom is 0.337 e. The highest BCUT2D eigenvalue weighted by Gasteiger charge is 2.15. The van der Waals surface area contributed by atoms with Crippen LogP contribution in [0.3, 0.4) is 0 Å². The number of rotatable bonds is 3. The van der Waals surface area contributed by atoms with Crippen LogP contribution in [0.5, 0.6) is 0 Å². The first-order chi connectivity index (χ1) is 9.55. The topological polar surface area (TPSA) is 70.4 Å². The number of aryl methyl sites for hydroxylation is 1. The van der Waals surface area contributed by atoms with E-state index < -0.39 is 11.9 Å². The molecule has 0 unspecified atom stereocenters. The molecule has 0 bridgehead atoms. The van der Waals surface area contributed by atoms with E-state index in [1.54, 1.807) is 36.3 Å². The summed E-state index contributed by atoms with van der Waals surface area (Å²) in [7, 11) is 4.36. The molecular formula is C14H14N2O4. The Morgan fingerprint density at radius 2 is 1.55 bits per heavy atom. The third kappa shape index (κ3) is 2.69. The van der Waals surface area contributed by atoms with Crippen LogP contribution in [0.15, 0.2) is 30.6 Å². The second-order valence-corrected chi connectivity index (χ2v) is 4.18. The number of aromatic nitrogens is 2. The van der Waals surface area contributed by atoms with Gasteiger partial charge < -0.3 is 9.47 Å². The van der Waals surface area contributed by atoms with E-state index in [9.17, 15) is 9.59 Å². The van der Waals surface area contributed by atoms with Crippen LogP contribution in [0.25, 0.3) is 11.1 Å². The highest BCUT2D eigenvalue weighted by molar-refractivity contribution is 5.97. The fraction of sp³-hybridized carbons (Fsp3) is 0.214. The SMILES string of the molecule is COC(=O)c1cc(C(=O)OC)cc(-c2cnn(C)c2)c1. The highest BCUT2D eigenvalue weighted by Crippen LogP contribution is 2.23. The molecule has 0 aliphatic heterocycles. The van der Waals surface area contributed by atoms with Gasteiger partial charge in [0.25, 0.3) is 0 Å². The lowest BCUT2D eigenvalue weighted by molar-refractivity contribution is 0.0599. The summed E-state index contributed by atoms with van der Waals surface area (Å²) in [5.41, 5.74) is 2.06. The lowest BCUT2D eigenvalue weighted by atomic mass is 10.0. The number of nitrogens with zero attached hydrogens (tertiary/aromatic N) is 2. The van der Waals surface area contributed by atoms with Crippen LogP contribution in [0.4, 0.5) is 0 Å². The van der Waals surface area contributed by atoms with Gasteiger partial charge in [0, 0.05) is 18.8 Å². The quantitative estimate of drug-likeness (QED) is 0.796. The van der Waals surface area contributed by atoms with E-state index >= 15 is 0 Å². The number of carbonyl (C=O) groups excluding carboxylic acids is 2. The number of hydrogen-bond acceptors (Lipinski definition) is 5. The summed E-state index contributed by atoms with van der Waals surface area (Å²) in [4.78, 5) is 23.3. The Balaban J connectivity index is 2.56. The maximum atomic E-state index is 11.7. The molecule has 6 nitrogen and oxygen atoms in total. The molecule has 1 heterocycles. The van der Waals surface area contributed by atoms with E-state index in [1.165, 1.54) is 20.3 Å². The smallest absolute Gasteiger partial charge is 0.337 e. The first kappa shape index (κ1) is 13.8. The lowest BCUT2D eigenvalue weighted by Gasteiger charge is -2.06. The summed E-state index contributed by atoms with van der Waals surface area (Å²) in [5.74, 6) is -1.03. The molecule has 0 fully saturated rings. The van der Waals surface area contributed by atoms with Crippen molar-refractivity contribution in [2.24, 2.45) is 7.05 Å². The van der Waals surface area contributed by atoms with Gasteiger partial charge in [0.05, 0.1) is 31.5 Å². The Hall–Kier alpha value is -2.63. The van der Waals surface area contributed by atoms with Gasteiger partial charge in [0.2, 0.25) is 0 Å². The molecular weight excluding hydrogens is 260 g/mol. The number of benzene rings is 1. The zero-order chi connectivity index (χ0) is 14.7. The Morgan fingerprint density at radius 1 is 1.00 bits per heavy atom. The molecule has 0 atom stereocenters. The van der Waals surface area contributed by atoms with Crippen LogP contribution >= 0.6 is 0 Å². The summed E-state index contributed by atoms with van der Waals surface area (Å²) in [6.45, 7) is 0. The van der Waals surface area contributed by atoms with Crippen LogP contribution in [0.2, 0.25) is 0 Å². The number of carbonyl (C=O) groups is 2. The molecule has 6 heteroatoms. The van der Waals surface area contributed by atoms with Crippen molar-refractivity contribution in [2.75, 3.05) is 14.2 Å². The second-order valence-electron chi connectivity index (χ2n) is 4.18. The average Bonchev–Trinajstić information content (AvgIpc) is 2.91. The summed E-state index contributed by atoms with van der Waals surface area (Å²) in [5, 5.41) is 4.07. The highest BCUT2D eigenvalue weighted by atomic mass is 16.5. The number of hydrogen-bond donors (Lipinski definition) is 0. The van der Waals surface area contributed by atoms with Crippen molar-refractivity contribution in [2.45, 2.75) is 0 Å². The molecule has 20 heavy (non-hydrogen) atoms.